The molecule has 0 radical (unpaired) electrons. The molecule has 4 nitrogen and oxygen atoms in total. The third kappa shape index (κ3) is 2.89. The van der Waals surface area contributed by atoms with E-state index in [1.54, 1.807) is 5.01 Å². The van der Waals surface area contributed by atoms with Crippen LogP contribution in [-0.4, -0.2) is 7.05 Å². The second-order valence-corrected chi connectivity index (χ2v) is 3.90. The molecule has 88 valence electrons. The standard InChI is InChI=1S/C13H16N4/c1-17(15)13-8-6-12(7-9-13)16-11-4-2-10(14)3-5-11/h2-9,16H,14-15H2,1H3. The molecule has 2 rings (SSSR count). The van der Waals surface area contributed by atoms with Gasteiger partial charge in [-0.2, -0.15) is 0 Å². The molecule has 2 aromatic rings. The van der Waals surface area contributed by atoms with Crippen molar-refractivity contribution < 1.29 is 0 Å². The maximum absolute atomic E-state index is 5.63. The van der Waals surface area contributed by atoms with E-state index in [2.05, 4.69) is 5.32 Å². The number of nitrogens with one attached hydrogen (secondary N) is 1. The number of nitrogens with two attached hydrogens (primary N) is 2. The van der Waals surface area contributed by atoms with Gasteiger partial charge in [0.15, 0.2) is 0 Å². The highest BCUT2D eigenvalue weighted by Gasteiger charge is 1.97. The minimum absolute atomic E-state index is 0.760. The van der Waals surface area contributed by atoms with Crippen LogP contribution in [0.4, 0.5) is 22.7 Å². The molecule has 0 amide bonds. The first kappa shape index (κ1) is 11.3. The average Bonchev–Trinajstić information content (AvgIpc) is 2.33. The van der Waals surface area contributed by atoms with Crippen LogP contribution in [0.1, 0.15) is 0 Å². The Balaban J connectivity index is 2.11. The molecule has 0 aliphatic heterocycles. The predicted molar refractivity (Wildman–Crippen MR) is 73.2 cm³/mol. The van der Waals surface area contributed by atoms with Gasteiger partial charge in [-0.3, -0.25) is 0 Å². The first-order chi connectivity index (χ1) is 8.15. The van der Waals surface area contributed by atoms with E-state index in [4.69, 9.17) is 11.6 Å². The molecule has 0 heterocycles. The fourth-order valence-electron chi connectivity index (χ4n) is 1.51. The Morgan fingerprint density at radius 1 is 0.882 bits per heavy atom. The van der Waals surface area contributed by atoms with Crippen molar-refractivity contribution in [2.75, 3.05) is 23.1 Å². The van der Waals surface area contributed by atoms with Crippen molar-refractivity contribution in [2.45, 2.75) is 0 Å². The van der Waals surface area contributed by atoms with Crippen LogP contribution in [0.25, 0.3) is 0 Å². The average molecular weight is 228 g/mol. The predicted octanol–water partition coefficient (Wildman–Crippen LogP) is 2.32. The highest BCUT2D eigenvalue weighted by Crippen LogP contribution is 2.20. The van der Waals surface area contributed by atoms with E-state index in [-0.39, 0.29) is 0 Å². The van der Waals surface area contributed by atoms with Crippen LogP contribution in [0.15, 0.2) is 48.5 Å². The lowest BCUT2D eigenvalue weighted by atomic mass is 10.2. The summed E-state index contributed by atoms with van der Waals surface area (Å²) in [5.41, 5.74) is 9.37. The first-order valence-corrected chi connectivity index (χ1v) is 5.36. The van der Waals surface area contributed by atoms with Crippen molar-refractivity contribution in [2.24, 2.45) is 5.84 Å². The molecule has 0 aromatic heterocycles. The number of rotatable bonds is 3. The molecular formula is C13H16N4. The quantitative estimate of drug-likeness (QED) is 0.428. The minimum Gasteiger partial charge on any atom is -0.399 e. The van der Waals surface area contributed by atoms with Crippen molar-refractivity contribution in [1.29, 1.82) is 0 Å². The van der Waals surface area contributed by atoms with Crippen molar-refractivity contribution in [3.05, 3.63) is 48.5 Å². The maximum Gasteiger partial charge on any atom is 0.0515 e. The van der Waals surface area contributed by atoms with Gasteiger partial charge in [0, 0.05) is 24.1 Å². The minimum atomic E-state index is 0.760. The van der Waals surface area contributed by atoms with E-state index in [1.807, 2.05) is 55.6 Å². The van der Waals surface area contributed by atoms with Gasteiger partial charge in [-0.25, -0.2) is 5.84 Å². The van der Waals surface area contributed by atoms with E-state index in [0.29, 0.717) is 0 Å². The van der Waals surface area contributed by atoms with Gasteiger partial charge < -0.3 is 16.1 Å². The highest BCUT2D eigenvalue weighted by atomic mass is 15.4. The van der Waals surface area contributed by atoms with Crippen LogP contribution in [-0.2, 0) is 0 Å². The van der Waals surface area contributed by atoms with Crippen LogP contribution < -0.4 is 21.9 Å². The molecule has 0 bridgehead atoms. The van der Waals surface area contributed by atoms with Gasteiger partial charge in [0.1, 0.15) is 0 Å². The van der Waals surface area contributed by atoms with Gasteiger partial charge in [0.25, 0.3) is 0 Å². The molecule has 0 fully saturated rings. The number of hydrogen-bond donors (Lipinski definition) is 3. The van der Waals surface area contributed by atoms with Crippen LogP contribution >= 0.6 is 0 Å². The highest BCUT2D eigenvalue weighted by molar-refractivity contribution is 5.64. The Hall–Kier alpha value is -2.20. The Labute approximate surface area is 101 Å². The van der Waals surface area contributed by atoms with E-state index in [9.17, 15) is 0 Å². The normalized spacial score (nSPS) is 10.0. The third-order valence-electron chi connectivity index (χ3n) is 2.47. The Morgan fingerprint density at radius 3 is 1.82 bits per heavy atom. The summed E-state index contributed by atoms with van der Waals surface area (Å²) in [5.74, 6) is 5.63. The Kier molecular flexibility index (Phi) is 3.16. The van der Waals surface area contributed by atoms with Crippen molar-refractivity contribution >= 4 is 22.7 Å². The number of nitrogens with zero attached hydrogens (tertiary/aromatic N) is 1. The molecule has 4 heteroatoms. The summed E-state index contributed by atoms with van der Waals surface area (Å²) in [6.07, 6.45) is 0. The van der Waals surface area contributed by atoms with Crippen molar-refractivity contribution in [3.8, 4) is 0 Å². The molecule has 0 saturated heterocycles. The summed E-state index contributed by atoms with van der Waals surface area (Å²) in [4.78, 5) is 0. The fourth-order valence-corrected chi connectivity index (χ4v) is 1.51. The van der Waals surface area contributed by atoms with E-state index >= 15 is 0 Å². The molecule has 0 spiro atoms. The third-order valence-corrected chi connectivity index (χ3v) is 2.47. The smallest absolute Gasteiger partial charge is 0.0515 e. The number of hydrazine groups is 1. The van der Waals surface area contributed by atoms with Gasteiger partial charge in [0.05, 0.1) is 5.69 Å². The van der Waals surface area contributed by atoms with Crippen LogP contribution in [0, 0.1) is 0 Å². The molecule has 0 unspecified atom stereocenters. The lowest BCUT2D eigenvalue weighted by molar-refractivity contribution is 1.02. The molecule has 0 aliphatic rings. The number of benzene rings is 2. The lowest BCUT2D eigenvalue weighted by Crippen LogP contribution is -2.24. The van der Waals surface area contributed by atoms with Crippen molar-refractivity contribution in [1.82, 2.24) is 0 Å². The Morgan fingerprint density at radius 2 is 1.35 bits per heavy atom. The fraction of sp³-hybridized carbons (Fsp3) is 0.0769. The van der Waals surface area contributed by atoms with Gasteiger partial charge in [-0.05, 0) is 48.5 Å². The molecule has 0 saturated carbocycles. The topological polar surface area (TPSA) is 67.3 Å². The SMILES string of the molecule is CN(N)c1ccc(Nc2ccc(N)cc2)cc1. The second-order valence-electron chi connectivity index (χ2n) is 3.90. The second kappa shape index (κ2) is 4.76. The monoisotopic (exact) mass is 228 g/mol. The summed E-state index contributed by atoms with van der Waals surface area (Å²) >= 11 is 0. The maximum atomic E-state index is 5.63. The number of anilines is 4. The Bertz CT molecular complexity index is 474. The van der Waals surface area contributed by atoms with Crippen LogP contribution in [0.2, 0.25) is 0 Å². The molecule has 17 heavy (non-hydrogen) atoms. The zero-order valence-corrected chi connectivity index (χ0v) is 9.72. The van der Waals surface area contributed by atoms with E-state index in [0.717, 1.165) is 22.7 Å². The molecular weight excluding hydrogens is 212 g/mol. The number of hydrogen-bond acceptors (Lipinski definition) is 4. The summed E-state index contributed by atoms with van der Waals surface area (Å²) in [7, 11) is 1.81. The molecule has 5 N–H and O–H groups in total. The zero-order chi connectivity index (χ0) is 12.3. The zero-order valence-electron chi connectivity index (χ0n) is 9.72. The molecule has 0 atom stereocenters. The van der Waals surface area contributed by atoms with Crippen LogP contribution in [0.5, 0.6) is 0 Å². The largest absolute Gasteiger partial charge is 0.399 e. The van der Waals surface area contributed by atoms with Gasteiger partial charge in [0.2, 0.25) is 0 Å². The summed E-state index contributed by atoms with van der Waals surface area (Å²) in [5, 5.41) is 4.86. The van der Waals surface area contributed by atoms with Gasteiger partial charge >= 0.3 is 0 Å². The summed E-state index contributed by atoms with van der Waals surface area (Å²) in [6.45, 7) is 0. The summed E-state index contributed by atoms with van der Waals surface area (Å²) < 4.78 is 0. The van der Waals surface area contributed by atoms with Crippen LogP contribution in [0.3, 0.4) is 0 Å². The summed E-state index contributed by atoms with van der Waals surface area (Å²) in [6, 6.07) is 15.5. The molecule has 2 aromatic carbocycles. The van der Waals surface area contributed by atoms with Crippen molar-refractivity contribution in [3.63, 3.8) is 0 Å². The van der Waals surface area contributed by atoms with E-state index in [1.165, 1.54) is 0 Å². The lowest BCUT2D eigenvalue weighted by Gasteiger charge is -2.13. The molecule has 0 aliphatic carbocycles. The first-order valence-electron chi connectivity index (χ1n) is 5.36. The van der Waals surface area contributed by atoms with Gasteiger partial charge in [-0.1, -0.05) is 0 Å². The van der Waals surface area contributed by atoms with E-state index < -0.39 is 0 Å². The number of nitrogen functional groups attached to an aromatic ring is 1. The van der Waals surface area contributed by atoms with Gasteiger partial charge in [-0.15, -0.1) is 0 Å².